The molecule has 2 heterocycles. The van der Waals surface area contributed by atoms with E-state index in [0.717, 1.165) is 23.4 Å². The SMILES string of the molecule is CCCOc1ccc(-c2csc(NC(=O)c3ccn(C)n3)n2)cc1. The lowest BCUT2D eigenvalue weighted by Crippen LogP contribution is -2.12. The molecule has 2 aromatic heterocycles. The summed E-state index contributed by atoms with van der Waals surface area (Å²) in [6.45, 7) is 2.78. The van der Waals surface area contributed by atoms with E-state index >= 15 is 0 Å². The molecule has 24 heavy (non-hydrogen) atoms. The Kier molecular flexibility index (Phi) is 4.90. The molecular weight excluding hydrogens is 324 g/mol. The van der Waals surface area contributed by atoms with Crippen molar-refractivity contribution in [3.63, 3.8) is 0 Å². The lowest BCUT2D eigenvalue weighted by Gasteiger charge is -2.04. The van der Waals surface area contributed by atoms with Crippen molar-refractivity contribution in [1.82, 2.24) is 14.8 Å². The Morgan fingerprint density at radius 3 is 2.75 bits per heavy atom. The molecule has 0 fully saturated rings. The smallest absolute Gasteiger partial charge is 0.277 e. The van der Waals surface area contributed by atoms with Crippen LogP contribution in [0.4, 0.5) is 5.13 Å². The number of carbonyl (C=O) groups excluding carboxylic acids is 1. The monoisotopic (exact) mass is 342 g/mol. The highest BCUT2D eigenvalue weighted by atomic mass is 32.1. The Hall–Kier alpha value is -2.67. The van der Waals surface area contributed by atoms with Crippen LogP contribution in [0.25, 0.3) is 11.3 Å². The van der Waals surface area contributed by atoms with Gasteiger partial charge in [-0.3, -0.25) is 14.8 Å². The molecule has 1 amide bonds. The van der Waals surface area contributed by atoms with Gasteiger partial charge < -0.3 is 4.74 Å². The van der Waals surface area contributed by atoms with Crippen LogP contribution in [0.2, 0.25) is 0 Å². The number of benzene rings is 1. The molecule has 0 unspecified atom stereocenters. The molecular formula is C17H18N4O2S. The number of nitrogens with one attached hydrogen (secondary N) is 1. The van der Waals surface area contributed by atoms with Gasteiger partial charge in [0.15, 0.2) is 10.8 Å². The zero-order valence-corrected chi connectivity index (χ0v) is 14.3. The van der Waals surface area contributed by atoms with Gasteiger partial charge >= 0.3 is 0 Å². The normalized spacial score (nSPS) is 10.6. The summed E-state index contributed by atoms with van der Waals surface area (Å²) in [5.74, 6) is 0.583. The van der Waals surface area contributed by atoms with Crippen LogP contribution in [0.15, 0.2) is 41.9 Å². The molecule has 3 aromatic rings. The Labute approximate surface area is 144 Å². The molecule has 0 atom stereocenters. The van der Waals surface area contributed by atoms with Crippen LogP contribution in [0, 0.1) is 0 Å². The van der Waals surface area contributed by atoms with Gasteiger partial charge in [-0.1, -0.05) is 6.92 Å². The zero-order valence-electron chi connectivity index (χ0n) is 13.5. The highest BCUT2D eigenvalue weighted by molar-refractivity contribution is 7.14. The number of hydrogen-bond donors (Lipinski definition) is 1. The maximum atomic E-state index is 12.1. The van der Waals surface area contributed by atoms with Gasteiger partial charge in [-0.2, -0.15) is 5.10 Å². The molecule has 0 radical (unpaired) electrons. The quantitative estimate of drug-likeness (QED) is 0.743. The average molecular weight is 342 g/mol. The molecule has 6 nitrogen and oxygen atoms in total. The fraction of sp³-hybridized carbons (Fsp3) is 0.235. The van der Waals surface area contributed by atoms with Gasteiger partial charge in [0.05, 0.1) is 12.3 Å². The van der Waals surface area contributed by atoms with Crippen molar-refractivity contribution in [3.8, 4) is 17.0 Å². The lowest BCUT2D eigenvalue weighted by molar-refractivity contribution is 0.102. The first-order valence-electron chi connectivity index (χ1n) is 7.65. The van der Waals surface area contributed by atoms with Gasteiger partial charge in [-0.25, -0.2) is 4.98 Å². The molecule has 0 aliphatic heterocycles. The van der Waals surface area contributed by atoms with Crippen molar-refractivity contribution in [1.29, 1.82) is 0 Å². The van der Waals surface area contributed by atoms with Crippen LogP contribution in [-0.2, 0) is 7.05 Å². The summed E-state index contributed by atoms with van der Waals surface area (Å²) in [6.07, 6.45) is 2.71. The van der Waals surface area contributed by atoms with E-state index in [-0.39, 0.29) is 5.91 Å². The van der Waals surface area contributed by atoms with Crippen LogP contribution in [0.1, 0.15) is 23.8 Å². The number of anilines is 1. The van der Waals surface area contributed by atoms with Crippen molar-refractivity contribution in [2.45, 2.75) is 13.3 Å². The fourth-order valence-corrected chi connectivity index (χ4v) is 2.82. The first kappa shape index (κ1) is 16.2. The van der Waals surface area contributed by atoms with Crippen LogP contribution < -0.4 is 10.1 Å². The Morgan fingerprint density at radius 1 is 1.29 bits per heavy atom. The van der Waals surface area contributed by atoms with E-state index in [2.05, 4.69) is 22.3 Å². The largest absolute Gasteiger partial charge is 0.494 e. The third kappa shape index (κ3) is 3.80. The van der Waals surface area contributed by atoms with Crippen molar-refractivity contribution >= 4 is 22.4 Å². The molecule has 3 rings (SSSR count). The zero-order chi connectivity index (χ0) is 16.9. The molecule has 0 spiro atoms. The van der Waals surface area contributed by atoms with Crippen LogP contribution in [0.3, 0.4) is 0 Å². The van der Waals surface area contributed by atoms with Crippen LogP contribution in [0.5, 0.6) is 5.75 Å². The third-order valence-electron chi connectivity index (χ3n) is 3.29. The first-order chi connectivity index (χ1) is 11.7. The summed E-state index contributed by atoms with van der Waals surface area (Å²) in [5, 5.41) is 9.30. The van der Waals surface area contributed by atoms with Gasteiger partial charge in [0.25, 0.3) is 5.91 Å². The van der Waals surface area contributed by atoms with E-state index in [4.69, 9.17) is 4.74 Å². The fourth-order valence-electron chi connectivity index (χ4n) is 2.10. The van der Waals surface area contributed by atoms with E-state index in [0.29, 0.717) is 17.4 Å². The molecule has 0 bridgehead atoms. The highest BCUT2D eigenvalue weighted by Gasteiger charge is 2.12. The number of rotatable bonds is 6. The summed E-state index contributed by atoms with van der Waals surface area (Å²) >= 11 is 1.38. The number of hydrogen-bond acceptors (Lipinski definition) is 5. The number of amides is 1. The summed E-state index contributed by atoms with van der Waals surface area (Å²) < 4.78 is 7.16. The van der Waals surface area contributed by atoms with Crippen molar-refractivity contribution in [2.24, 2.45) is 7.05 Å². The number of thiazole rings is 1. The predicted octanol–water partition coefficient (Wildman–Crippen LogP) is 3.58. The second kappa shape index (κ2) is 7.27. The first-order valence-corrected chi connectivity index (χ1v) is 8.53. The molecule has 1 N–H and O–H groups in total. The predicted molar refractivity (Wildman–Crippen MR) is 94.5 cm³/mol. The molecule has 0 saturated carbocycles. The number of aromatic nitrogens is 3. The van der Waals surface area contributed by atoms with Crippen LogP contribution >= 0.6 is 11.3 Å². The van der Waals surface area contributed by atoms with Gasteiger partial charge in [0.1, 0.15) is 5.75 Å². The second-order valence-electron chi connectivity index (χ2n) is 5.24. The molecule has 0 aliphatic rings. The topological polar surface area (TPSA) is 69.0 Å². The number of ether oxygens (including phenoxy) is 1. The molecule has 0 saturated heterocycles. The lowest BCUT2D eigenvalue weighted by atomic mass is 10.2. The highest BCUT2D eigenvalue weighted by Crippen LogP contribution is 2.26. The van der Waals surface area contributed by atoms with Crippen molar-refractivity contribution in [3.05, 3.63) is 47.6 Å². The summed E-state index contributed by atoms with van der Waals surface area (Å²) in [4.78, 5) is 16.5. The van der Waals surface area contributed by atoms with Crippen molar-refractivity contribution in [2.75, 3.05) is 11.9 Å². The van der Waals surface area contributed by atoms with E-state index in [9.17, 15) is 4.79 Å². The molecule has 124 valence electrons. The van der Waals surface area contributed by atoms with E-state index in [1.165, 1.54) is 11.3 Å². The van der Waals surface area contributed by atoms with E-state index in [1.54, 1.807) is 24.0 Å². The minimum absolute atomic E-state index is 0.264. The maximum Gasteiger partial charge on any atom is 0.277 e. The van der Waals surface area contributed by atoms with Gasteiger partial charge in [0.2, 0.25) is 0 Å². The molecule has 1 aromatic carbocycles. The van der Waals surface area contributed by atoms with E-state index < -0.39 is 0 Å². The maximum absolute atomic E-state index is 12.1. The number of carbonyl (C=O) groups is 1. The van der Waals surface area contributed by atoms with Gasteiger partial charge in [0, 0.05) is 24.2 Å². The minimum atomic E-state index is -0.264. The minimum Gasteiger partial charge on any atom is -0.494 e. The Bertz CT molecular complexity index is 823. The summed E-state index contributed by atoms with van der Waals surface area (Å²) in [7, 11) is 1.77. The van der Waals surface area contributed by atoms with E-state index in [1.807, 2.05) is 29.6 Å². The Balaban J connectivity index is 1.67. The van der Waals surface area contributed by atoms with Gasteiger partial charge in [-0.05, 0) is 36.8 Å². The molecule has 0 aliphatic carbocycles. The number of nitrogens with zero attached hydrogens (tertiary/aromatic N) is 3. The summed E-state index contributed by atoms with van der Waals surface area (Å²) in [6, 6.07) is 9.45. The van der Waals surface area contributed by atoms with Crippen LogP contribution in [-0.4, -0.2) is 27.3 Å². The van der Waals surface area contributed by atoms with Crippen molar-refractivity contribution < 1.29 is 9.53 Å². The second-order valence-corrected chi connectivity index (χ2v) is 6.10. The standard InChI is InChI=1S/C17H18N4O2S/c1-3-10-23-13-6-4-12(5-7-13)15-11-24-17(18-15)19-16(22)14-8-9-21(2)20-14/h4-9,11H,3,10H2,1-2H3,(H,18,19,22). The Morgan fingerprint density at radius 2 is 2.08 bits per heavy atom. The third-order valence-corrected chi connectivity index (χ3v) is 4.05. The summed E-state index contributed by atoms with van der Waals surface area (Å²) in [5.41, 5.74) is 2.17. The number of aryl methyl sites for hydroxylation is 1. The average Bonchev–Trinajstić information content (AvgIpc) is 3.22. The molecule has 7 heteroatoms. The van der Waals surface area contributed by atoms with Gasteiger partial charge in [-0.15, -0.1) is 11.3 Å².